The Morgan fingerprint density at radius 2 is 2.00 bits per heavy atom. The average Bonchev–Trinajstić information content (AvgIpc) is 2.77. The average molecular weight is 228 g/mol. The summed E-state index contributed by atoms with van der Waals surface area (Å²) in [5.41, 5.74) is 2.90. The standard InChI is InChI=1S/C14H16N2O/c1-3-16-10-12(9-15-16)8-14(17)13-6-4-11(2)5-7-13/h4-7,9-10H,3,8H2,1-2H3. The van der Waals surface area contributed by atoms with E-state index in [-0.39, 0.29) is 5.78 Å². The van der Waals surface area contributed by atoms with Crippen molar-refractivity contribution in [2.24, 2.45) is 0 Å². The largest absolute Gasteiger partial charge is 0.294 e. The normalized spacial score (nSPS) is 10.5. The van der Waals surface area contributed by atoms with Crippen LogP contribution in [-0.4, -0.2) is 15.6 Å². The van der Waals surface area contributed by atoms with E-state index >= 15 is 0 Å². The fourth-order valence-electron chi connectivity index (χ4n) is 1.70. The number of Topliss-reactive ketones (excluding diaryl/α,β-unsaturated/α-hetero) is 1. The Kier molecular flexibility index (Phi) is 3.38. The van der Waals surface area contributed by atoms with Gasteiger partial charge in [0.1, 0.15) is 0 Å². The number of aromatic nitrogens is 2. The summed E-state index contributed by atoms with van der Waals surface area (Å²) in [6.45, 7) is 4.87. The Hall–Kier alpha value is -1.90. The Bertz CT molecular complexity index is 511. The highest BCUT2D eigenvalue weighted by molar-refractivity contribution is 5.97. The van der Waals surface area contributed by atoms with Gasteiger partial charge in [-0.2, -0.15) is 5.10 Å². The van der Waals surface area contributed by atoms with Gasteiger partial charge < -0.3 is 0 Å². The summed E-state index contributed by atoms with van der Waals surface area (Å²) < 4.78 is 1.83. The van der Waals surface area contributed by atoms with Crippen LogP contribution in [0.1, 0.15) is 28.4 Å². The molecule has 0 aliphatic heterocycles. The zero-order chi connectivity index (χ0) is 12.3. The van der Waals surface area contributed by atoms with Crippen molar-refractivity contribution in [2.75, 3.05) is 0 Å². The molecule has 2 aromatic rings. The molecule has 0 bridgehead atoms. The molecule has 1 aromatic heterocycles. The van der Waals surface area contributed by atoms with Gasteiger partial charge in [0.2, 0.25) is 0 Å². The maximum atomic E-state index is 12.0. The first-order chi connectivity index (χ1) is 8.19. The molecule has 0 saturated carbocycles. The van der Waals surface area contributed by atoms with E-state index in [1.807, 2.05) is 49.0 Å². The van der Waals surface area contributed by atoms with Gasteiger partial charge in [-0.15, -0.1) is 0 Å². The molecule has 0 N–H and O–H groups in total. The van der Waals surface area contributed by atoms with Crippen LogP contribution in [0, 0.1) is 6.92 Å². The van der Waals surface area contributed by atoms with Crippen LogP contribution in [0.25, 0.3) is 0 Å². The number of rotatable bonds is 4. The lowest BCUT2D eigenvalue weighted by Gasteiger charge is -1.99. The van der Waals surface area contributed by atoms with E-state index in [4.69, 9.17) is 0 Å². The van der Waals surface area contributed by atoms with Gasteiger partial charge in [0.05, 0.1) is 6.20 Å². The predicted octanol–water partition coefficient (Wildman–Crippen LogP) is 2.64. The fraction of sp³-hybridized carbons (Fsp3) is 0.286. The third-order valence-corrected chi connectivity index (χ3v) is 2.75. The van der Waals surface area contributed by atoms with E-state index in [1.165, 1.54) is 5.56 Å². The van der Waals surface area contributed by atoms with E-state index in [1.54, 1.807) is 6.20 Å². The summed E-state index contributed by atoms with van der Waals surface area (Å²) in [6, 6.07) is 7.68. The topological polar surface area (TPSA) is 34.9 Å². The summed E-state index contributed by atoms with van der Waals surface area (Å²) in [5, 5.41) is 4.16. The number of carbonyl (C=O) groups excluding carboxylic acids is 1. The van der Waals surface area contributed by atoms with Crippen molar-refractivity contribution >= 4 is 5.78 Å². The van der Waals surface area contributed by atoms with Crippen molar-refractivity contribution in [3.8, 4) is 0 Å². The highest BCUT2D eigenvalue weighted by atomic mass is 16.1. The maximum absolute atomic E-state index is 12.0. The number of ketones is 1. The molecule has 0 amide bonds. The molecule has 0 aliphatic carbocycles. The van der Waals surface area contributed by atoms with E-state index in [0.717, 1.165) is 17.7 Å². The molecule has 3 nitrogen and oxygen atoms in total. The van der Waals surface area contributed by atoms with Gasteiger partial charge in [-0.25, -0.2) is 0 Å². The Labute approximate surface area is 101 Å². The van der Waals surface area contributed by atoms with Gasteiger partial charge in [0.15, 0.2) is 5.78 Å². The van der Waals surface area contributed by atoms with Gasteiger partial charge in [-0.3, -0.25) is 9.48 Å². The van der Waals surface area contributed by atoms with Gasteiger partial charge in [-0.1, -0.05) is 29.8 Å². The van der Waals surface area contributed by atoms with Crippen molar-refractivity contribution in [3.05, 3.63) is 53.3 Å². The molecule has 2 rings (SSSR count). The molecule has 0 fully saturated rings. The quantitative estimate of drug-likeness (QED) is 0.754. The highest BCUT2D eigenvalue weighted by Crippen LogP contribution is 2.08. The molecular weight excluding hydrogens is 212 g/mol. The number of hydrogen-bond donors (Lipinski definition) is 0. The Balaban J connectivity index is 2.08. The molecule has 1 heterocycles. The number of aryl methyl sites for hydroxylation is 2. The molecule has 0 atom stereocenters. The van der Waals surface area contributed by atoms with Crippen LogP contribution in [0.4, 0.5) is 0 Å². The van der Waals surface area contributed by atoms with Crippen LogP contribution in [0.5, 0.6) is 0 Å². The minimum atomic E-state index is 0.139. The van der Waals surface area contributed by atoms with Crippen LogP contribution in [0.2, 0.25) is 0 Å². The Morgan fingerprint density at radius 1 is 1.29 bits per heavy atom. The molecule has 88 valence electrons. The van der Waals surface area contributed by atoms with Crippen LogP contribution in [0.15, 0.2) is 36.7 Å². The zero-order valence-corrected chi connectivity index (χ0v) is 10.2. The third-order valence-electron chi connectivity index (χ3n) is 2.75. The summed E-state index contributed by atoms with van der Waals surface area (Å²) in [6.07, 6.45) is 4.10. The molecule has 0 saturated heterocycles. The van der Waals surface area contributed by atoms with Crippen molar-refractivity contribution in [1.29, 1.82) is 0 Å². The molecule has 0 radical (unpaired) electrons. The second kappa shape index (κ2) is 4.95. The SMILES string of the molecule is CCn1cc(CC(=O)c2ccc(C)cc2)cn1. The smallest absolute Gasteiger partial charge is 0.167 e. The van der Waals surface area contributed by atoms with Crippen molar-refractivity contribution in [1.82, 2.24) is 9.78 Å². The molecule has 3 heteroatoms. The van der Waals surface area contributed by atoms with Gasteiger partial charge in [0, 0.05) is 24.7 Å². The van der Waals surface area contributed by atoms with Crippen LogP contribution >= 0.6 is 0 Å². The summed E-state index contributed by atoms with van der Waals surface area (Å²) >= 11 is 0. The molecule has 17 heavy (non-hydrogen) atoms. The first-order valence-electron chi connectivity index (χ1n) is 5.80. The zero-order valence-electron chi connectivity index (χ0n) is 10.2. The van der Waals surface area contributed by atoms with Gasteiger partial charge in [-0.05, 0) is 19.4 Å². The lowest BCUT2D eigenvalue weighted by atomic mass is 10.0. The van der Waals surface area contributed by atoms with E-state index in [9.17, 15) is 4.79 Å². The summed E-state index contributed by atoms with van der Waals surface area (Å²) in [5.74, 6) is 0.139. The van der Waals surface area contributed by atoms with Crippen LogP contribution in [-0.2, 0) is 13.0 Å². The summed E-state index contributed by atoms with van der Waals surface area (Å²) in [4.78, 5) is 12.0. The molecule has 0 spiro atoms. The number of benzene rings is 1. The maximum Gasteiger partial charge on any atom is 0.167 e. The highest BCUT2D eigenvalue weighted by Gasteiger charge is 2.08. The Morgan fingerprint density at radius 3 is 2.59 bits per heavy atom. The van der Waals surface area contributed by atoms with E-state index in [0.29, 0.717) is 6.42 Å². The predicted molar refractivity (Wildman–Crippen MR) is 67.1 cm³/mol. The lowest BCUT2D eigenvalue weighted by Crippen LogP contribution is -2.02. The fourth-order valence-corrected chi connectivity index (χ4v) is 1.70. The second-order valence-corrected chi connectivity index (χ2v) is 4.17. The van der Waals surface area contributed by atoms with Crippen molar-refractivity contribution in [3.63, 3.8) is 0 Å². The minimum absolute atomic E-state index is 0.139. The third kappa shape index (κ3) is 2.81. The number of carbonyl (C=O) groups is 1. The van der Waals surface area contributed by atoms with Crippen LogP contribution in [0.3, 0.4) is 0 Å². The first kappa shape index (κ1) is 11.6. The van der Waals surface area contributed by atoms with Crippen molar-refractivity contribution < 1.29 is 4.79 Å². The first-order valence-corrected chi connectivity index (χ1v) is 5.80. The minimum Gasteiger partial charge on any atom is -0.294 e. The second-order valence-electron chi connectivity index (χ2n) is 4.17. The number of nitrogens with zero attached hydrogens (tertiary/aromatic N) is 2. The monoisotopic (exact) mass is 228 g/mol. The van der Waals surface area contributed by atoms with Gasteiger partial charge >= 0.3 is 0 Å². The molecular formula is C14H16N2O. The molecule has 1 aromatic carbocycles. The van der Waals surface area contributed by atoms with Gasteiger partial charge in [0.25, 0.3) is 0 Å². The molecule has 0 unspecified atom stereocenters. The van der Waals surface area contributed by atoms with E-state index in [2.05, 4.69) is 5.10 Å². The van der Waals surface area contributed by atoms with E-state index < -0.39 is 0 Å². The number of hydrogen-bond acceptors (Lipinski definition) is 2. The van der Waals surface area contributed by atoms with Crippen molar-refractivity contribution in [2.45, 2.75) is 26.8 Å². The molecule has 0 aliphatic rings. The van der Waals surface area contributed by atoms with Crippen LogP contribution < -0.4 is 0 Å². The lowest BCUT2D eigenvalue weighted by molar-refractivity contribution is 0.0993. The summed E-state index contributed by atoms with van der Waals surface area (Å²) in [7, 11) is 0.